The summed E-state index contributed by atoms with van der Waals surface area (Å²) >= 11 is 3.21. The second kappa shape index (κ2) is 6.01. The van der Waals surface area contributed by atoms with E-state index in [0.29, 0.717) is 41.5 Å². The van der Waals surface area contributed by atoms with Crippen LogP contribution in [0.2, 0.25) is 0 Å². The summed E-state index contributed by atoms with van der Waals surface area (Å²) in [5, 5.41) is 0. The molecule has 1 aromatic carbocycles. The summed E-state index contributed by atoms with van der Waals surface area (Å²) in [5.74, 6) is 0.340. The van der Waals surface area contributed by atoms with Gasteiger partial charge in [-0.1, -0.05) is 22.9 Å². The van der Waals surface area contributed by atoms with E-state index >= 15 is 0 Å². The van der Waals surface area contributed by atoms with Crippen LogP contribution in [0.4, 0.5) is 4.39 Å². The Morgan fingerprint density at radius 1 is 1.53 bits per heavy atom. The molecule has 0 saturated carbocycles. The standard InChI is InChI=1S/C14H18BrFN2O/c1-9-2-3-18(8-11(9)7-17)14(19)10-4-12(15)6-13(16)5-10/h4-6,9,11H,2-3,7-8,17H2,1H3. The third-order valence-electron chi connectivity index (χ3n) is 3.81. The molecule has 1 saturated heterocycles. The fourth-order valence-electron chi connectivity index (χ4n) is 2.50. The Labute approximate surface area is 121 Å². The zero-order valence-corrected chi connectivity index (χ0v) is 12.5. The van der Waals surface area contributed by atoms with E-state index in [9.17, 15) is 9.18 Å². The lowest BCUT2D eigenvalue weighted by molar-refractivity contribution is 0.0618. The fourth-order valence-corrected chi connectivity index (χ4v) is 2.97. The van der Waals surface area contributed by atoms with E-state index in [0.717, 1.165) is 6.42 Å². The monoisotopic (exact) mass is 328 g/mol. The van der Waals surface area contributed by atoms with Gasteiger partial charge >= 0.3 is 0 Å². The van der Waals surface area contributed by atoms with Crippen molar-refractivity contribution in [1.82, 2.24) is 4.90 Å². The molecule has 1 fully saturated rings. The Bertz CT molecular complexity index is 460. The Morgan fingerprint density at radius 2 is 2.26 bits per heavy atom. The highest BCUT2D eigenvalue weighted by Crippen LogP contribution is 2.24. The van der Waals surface area contributed by atoms with Crippen molar-refractivity contribution in [3.63, 3.8) is 0 Å². The van der Waals surface area contributed by atoms with Crippen molar-refractivity contribution >= 4 is 21.8 Å². The number of nitrogens with zero attached hydrogens (tertiary/aromatic N) is 1. The Balaban J connectivity index is 2.15. The normalized spacial score (nSPS) is 23.5. The average Bonchev–Trinajstić information content (AvgIpc) is 2.37. The van der Waals surface area contributed by atoms with Crippen LogP contribution in [-0.4, -0.2) is 30.4 Å². The van der Waals surface area contributed by atoms with Crippen LogP contribution >= 0.6 is 15.9 Å². The molecule has 19 heavy (non-hydrogen) atoms. The van der Waals surface area contributed by atoms with Gasteiger partial charge in [-0.15, -0.1) is 0 Å². The molecule has 1 aliphatic heterocycles. The molecule has 2 atom stereocenters. The number of piperidine rings is 1. The summed E-state index contributed by atoms with van der Waals surface area (Å²) in [4.78, 5) is 14.1. The third-order valence-corrected chi connectivity index (χ3v) is 4.27. The van der Waals surface area contributed by atoms with Crippen molar-refractivity contribution < 1.29 is 9.18 Å². The van der Waals surface area contributed by atoms with E-state index in [2.05, 4.69) is 22.9 Å². The fraction of sp³-hybridized carbons (Fsp3) is 0.500. The number of nitrogens with two attached hydrogens (primary N) is 1. The van der Waals surface area contributed by atoms with E-state index in [1.807, 2.05) is 0 Å². The zero-order chi connectivity index (χ0) is 14.0. The predicted octanol–water partition coefficient (Wildman–Crippen LogP) is 2.65. The van der Waals surface area contributed by atoms with Crippen LogP contribution in [0.1, 0.15) is 23.7 Å². The molecular formula is C14H18BrFN2O. The van der Waals surface area contributed by atoms with Crippen molar-refractivity contribution in [2.24, 2.45) is 17.6 Å². The lowest BCUT2D eigenvalue weighted by atomic mass is 9.87. The third kappa shape index (κ3) is 3.34. The number of halogens is 2. The molecule has 3 nitrogen and oxygen atoms in total. The molecule has 104 valence electrons. The van der Waals surface area contributed by atoms with Gasteiger partial charge in [0.15, 0.2) is 0 Å². The quantitative estimate of drug-likeness (QED) is 0.907. The lowest BCUT2D eigenvalue weighted by Gasteiger charge is -2.36. The molecule has 1 aromatic rings. The van der Waals surface area contributed by atoms with Gasteiger partial charge in [-0.25, -0.2) is 4.39 Å². The van der Waals surface area contributed by atoms with Crippen LogP contribution in [0, 0.1) is 17.7 Å². The summed E-state index contributed by atoms with van der Waals surface area (Å²) in [7, 11) is 0. The van der Waals surface area contributed by atoms with Gasteiger partial charge in [0.2, 0.25) is 0 Å². The molecule has 1 aliphatic rings. The van der Waals surface area contributed by atoms with Crippen molar-refractivity contribution in [3.8, 4) is 0 Å². The summed E-state index contributed by atoms with van der Waals surface area (Å²) < 4.78 is 13.9. The molecule has 1 heterocycles. The topological polar surface area (TPSA) is 46.3 Å². The first-order valence-electron chi connectivity index (χ1n) is 6.46. The summed E-state index contributed by atoms with van der Waals surface area (Å²) in [6.07, 6.45) is 0.949. The van der Waals surface area contributed by atoms with Gasteiger partial charge in [-0.2, -0.15) is 0 Å². The SMILES string of the molecule is CC1CCN(C(=O)c2cc(F)cc(Br)c2)CC1CN. The van der Waals surface area contributed by atoms with Crippen molar-refractivity contribution in [3.05, 3.63) is 34.1 Å². The number of rotatable bonds is 2. The van der Waals surface area contributed by atoms with Crippen LogP contribution in [-0.2, 0) is 0 Å². The Morgan fingerprint density at radius 3 is 2.89 bits per heavy atom. The van der Waals surface area contributed by atoms with Crippen LogP contribution < -0.4 is 5.73 Å². The van der Waals surface area contributed by atoms with Gasteiger partial charge in [0.25, 0.3) is 5.91 Å². The smallest absolute Gasteiger partial charge is 0.254 e. The molecule has 2 unspecified atom stereocenters. The van der Waals surface area contributed by atoms with Crippen molar-refractivity contribution in [1.29, 1.82) is 0 Å². The number of carbonyl (C=O) groups excluding carboxylic acids is 1. The minimum atomic E-state index is -0.404. The zero-order valence-electron chi connectivity index (χ0n) is 10.9. The second-order valence-corrected chi connectivity index (χ2v) is 6.09. The van der Waals surface area contributed by atoms with Crippen molar-refractivity contribution in [2.45, 2.75) is 13.3 Å². The van der Waals surface area contributed by atoms with Crippen molar-refractivity contribution in [2.75, 3.05) is 19.6 Å². The van der Waals surface area contributed by atoms with Gasteiger partial charge in [0, 0.05) is 23.1 Å². The maximum absolute atomic E-state index is 13.3. The van der Waals surface area contributed by atoms with E-state index in [1.54, 1.807) is 11.0 Å². The molecular weight excluding hydrogens is 311 g/mol. The number of amides is 1. The van der Waals surface area contributed by atoms with E-state index in [-0.39, 0.29) is 5.91 Å². The number of hydrogen-bond acceptors (Lipinski definition) is 2. The maximum Gasteiger partial charge on any atom is 0.254 e. The van der Waals surface area contributed by atoms with Gasteiger partial charge in [0.1, 0.15) is 5.82 Å². The van der Waals surface area contributed by atoms with Crippen LogP contribution in [0.25, 0.3) is 0 Å². The first-order chi connectivity index (χ1) is 9.01. The molecule has 2 N–H and O–H groups in total. The number of likely N-dealkylation sites (tertiary alicyclic amines) is 1. The molecule has 0 bridgehead atoms. The predicted molar refractivity (Wildman–Crippen MR) is 76.3 cm³/mol. The van der Waals surface area contributed by atoms with Gasteiger partial charge in [-0.3, -0.25) is 4.79 Å². The summed E-state index contributed by atoms with van der Waals surface area (Å²) in [6.45, 7) is 4.12. The van der Waals surface area contributed by atoms with Gasteiger partial charge in [-0.05, 0) is 43.0 Å². The van der Waals surface area contributed by atoms with E-state index in [4.69, 9.17) is 5.73 Å². The van der Waals surface area contributed by atoms with E-state index < -0.39 is 5.82 Å². The highest BCUT2D eigenvalue weighted by molar-refractivity contribution is 9.10. The number of hydrogen-bond donors (Lipinski definition) is 1. The highest BCUT2D eigenvalue weighted by Gasteiger charge is 2.28. The Hall–Kier alpha value is -0.940. The van der Waals surface area contributed by atoms with E-state index in [1.165, 1.54) is 12.1 Å². The highest BCUT2D eigenvalue weighted by atomic mass is 79.9. The molecule has 0 aromatic heterocycles. The largest absolute Gasteiger partial charge is 0.338 e. The first-order valence-corrected chi connectivity index (χ1v) is 7.26. The maximum atomic E-state index is 13.3. The molecule has 0 aliphatic carbocycles. The van der Waals surface area contributed by atoms with Crippen LogP contribution in [0.3, 0.4) is 0 Å². The molecule has 5 heteroatoms. The van der Waals surface area contributed by atoms with Crippen LogP contribution in [0.5, 0.6) is 0 Å². The first kappa shape index (κ1) is 14.5. The minimum Gasteiger partial charge on any atom is -0.338 e. The summed E-state index contributed by atoms with van der Waals surface area (Å²) in [5.41, 5.74) is 6.12. The molecule has 0 spiro atoms. The molecule has 0 radical (unpaired) electrons. The molecule has 2 rings (SSSR count). The number of carbonyl (C=O) groups is 1. The van der Waals surface area contributed by atoms with Crippen LogP contribution in [0.15, 0.2) is 22.7 Å². The van der Waals surface area contributed by atoms with Gasteiger partial charge < -0.3 is 10.6 Å². The minimum absolute atomic E-state index is 0.120. The Kier molecular flexibility index (Phi) is 4.58. The molecule has 1 amide bonds. The van der Waals surface area contributed by atoms with Gasteiger partial charge in [0.05, 0.1) is 0 Å². The average molecular weight is 329 g/mol. The second-order valence-electron chi connectivity index (χ2n) is 5.17. The summed E-state index contributed by atoms with van der Waals surface area (Å²) in [6, 6.07) is 4.28. The lowest BCUT2D eigenvalue weighted by Crippen LogP contribution is -2.45. The number of benzene rings is 1.